The molecule has 0 heterocycles. The van der Waals surface area contributed by atoms with Crippen LogP contribution in [0.1, 0.15) is 385 Å². The molecule has 5 aromatic rings. The molecule has 2 atom stereocenters. The van der Waals surface area contributed by atoms with Gasteiger partial charge in [-0.2, -0.15) is 0 Å². The third-order valence-corrected chi connectivity index (χ3v) is 21.7. The number of ether oxygens (including phenoxy) is 5. The second-order valence-corrected chi connectivity index (χ2v) is 35.1. The van der Waals surface area contributed by atoms with Crippen LogP contribution in [0.2, 0.25) is 0 Å². The van der Waals surface area contributed by atoms with Crippen molar-refractivity contribution in [2.45, 2.75) is 376 Å². The number of aliphatic imine (C=N–C) groups is 2. The average Bonchev–Trinajstić information content (AvgIpc) is 0.747. The summed E-state index contributed by atoms with van der Waals surface area (Å²) in [4.78, 5) is 11.0. The van der Waals surface area contributed by atoms with Crippen molar-refractivity contribution in [3.05, 3.63) is 153 Å². The van der Waals surface area contributed by atoms with Gasteiger partial charge in [0.05, 0.1) is 38.5 Å². The zero-order valence-corrected chi connectivity index (χ0v) is 71.3. The molecule has 0 unspecified atom stereocenters. The smallest absolute Gasteiger partial charge is 0.144 e. The van der Waals surface area contributed by atoms with Gasteiger partial charge < -0.3 is 39.0 Å². The summed E-state index contributed by atoms with van der Waals surface area (Å²) in [6.45, 7) is 47.9. The SMILES string of the molecule is C=CCOc1cc(C=N[C@H](C)C(O)(c2cc(C(C)(C)C)ccc2OCCCCCCCC)c2cc(C(C)(C)C)ccc2OCCCCCCCC)c(O)c(C=N[C@H](C)C(O)(c2cc(C(C)(C)C)ccc2OCCCCCCCC)c2cc(C(C)(C)C)ccc2OCCCCCCCC)c1CCCCCCCC. The summed E-state index contributed by atoms with van der Waals surface area (Å²) in [7, 11) is 0. The molecular formula is C97H152N2O8. The predicted molar refractivity (Wildman–Crippen MR) is 457 cm³/mol. The third kappa shape index (κ3) is 28.3. The molecule has 0 aliphatic rings. The highest BCUT2D eigenvalue weighted by Gasteiger charge is 2.46. The van der Waals surface area contributed by atoms with Crippen molar-refractivity contribution in [1.82, 2.24) is 0 Å². The maximum absolute atomic E-state index is 14.8. The van der Waals surface area contributed by atoms with Crippen LogP contribution in [0.4, 0.5) is 0 Å². The monoisotopic (exact) mass is 1470 g/mol. The lowest BCUT2D eigenvalue weighted by Gasteiger charge is -2.37. The minimum Gasteiger partial charge on any atom is -0.507 e. The molecule has 5 aromatic carbocycles. The van der Waals surface area contributed by atoms with Gasteiger partial charge in [-0.25, -0.2) is 0 Å². The van der Waals surface area contributed by atoms with E-state index in [1.807, 2.05) is 32.0 Å². The Bertz CT molecular complexity index is 3280. The van der Waals surface area contributed by atoms with Gasteiger partial charge in [0, 0.05) is 51.4 Å². The fourth-order valence-corrected chi connectivity index (χ4v) is 14.3. The van der Waals surface area contributed by atoms with Crippen molar-refractivity contribution in [3.8, 4) is 34.5 Å². The average molecular weight is 1470 g/mol. The summed E-state index contributed by atoms with van der Waals surface area (Å²) in [6, 6.07) is 25.3. The van der Waals surface area contributed by atoms with Gasteiger partial charge in [0.25, 0.3) is 0 Å². The van der Waals surface area contributed by atoms with E-state index in [-0.39, 0.29) is 34.0 Å². The number of nitrogens with zero attached hydrogens (tertiary/aromatic N) is 2. The Balaban J connectivity index is 1.89. The highest BCUT2D eigenvalue weighted by molar-refractivity contribution is 5.95. The Kier molecular flexibility index (Phi) is 39.3. The highest BCUT2D eigenvalue weighted by atomic mass is 16.5. The van der Waals surface area contributed by atoms with Crippen molar-refractivity contribution >= 4 is 12.4 Å². The Hall–Kier alpha value is -6.10. The standard InChI is InChI=1S/C97H152N2O8/c1-21-27-32-37-42-47-52-80-81(72-99-74(8)97(102,84-69-78(94(15,16)17)55-59-88(84)106-64-50-45-40-35-30-24-4)85-70-79(95(18,19)20)56-60-89(85)107-65-51-46-41-36-31-25-5)91(100)75(66-90(80)103-61-26-6)71-98-73(7)96(101,82-67-76(92(9,10)11)53-57-86(82)104-62-48-43-38-33-28-22-2)83-68-77(93(12,13)14)54-58-87(83)105-63-49-44-39-34-29-23-3/h26,53-60,66-74,100-102H,6,21-25,27-52,61-65H2,1-5,7-20H3/t73-,74-/m1/s1. The minimum atomic E-state index is -1.86. The fraction of sp³-hybridized carbons (Fsp3) is 0.649. The van der Waals surface area contributed by atoms with Crippen LogP contribution in [0.5, 0.6) is 34.5 Å². The van der Waals surface area contributed by atoms with Crippen LogP contribution >= 0.6 is 0 Å². The van der Waals surface area contributed by atoms with Crippen molar-refractivity contribution in [3.63, 3.8) is 0 Å². The lowest BCUT2D eigenvalue weighted by molar-refractivity contribution is 0.0516. The topological polar surface area (TPSA) is 132 Å². The van der Waals surface area contributed by atoms with E-state index >= 15 is 0 Å². The fourth-order valence-electron chi connectivity index (χ4n) is 14.3. The summed E-state index contributed by atoms with van der Waals surface area (Å²) >= 11 is 0. The van der Waals surface area contributed by atoms with Gasteiger partial charge in [0.15, 0.2) is 0 Å². The normalized spacial score (nSPS) is 13.2. The Labute approximate surface area is 653 Å². The van der Waals surface area contributed by atoms with Crippen LogP contribution in [0.25, 0.3) is 0 Å². The molecule has 0 spiro atoms. The van der Waals surface area contributed by atoms with Gasteiger partial charge in [0.1, 0.15) is 52.3 Å². The molecule has 0 aromatic heterocycles. The predicted octanol–water partition coefficient (Wildman–Crippen LogP) is 26.5. The quantitative estimate of drug-likeness (QED) is 0.0199. The lowest BCUT2D eigenvalue weighted by Crippen LogP contribution is -2.39. The number of phenols is 1. The number of phenolic OH excluding ortho intramolecular Hbond substituents is 1. The molecule has 0 bridgehead atoms. The largest absolute Gasteiger partial charge is 0.507 e. The van der Waals surface area contributed by atoms with E-state index in [0.29, 0.717) is 95.0 Å². The van der Waals surface area contributed by atoms with E-state index in [1.54, 1.807) is 18.5 Å². The first-order valence-electron chi connectivity index (χ1n) is 42.7. The first kappa shape index (κ1) is 91.5. The number of rotatable bonds is 52. The van der Waals surface area contributed by atoms with E-state index in [9.17, 15) is 15.3 Å². The van der Waals surface area contributed by atoms with E-state index in [4.69, 9.17) is 33.7 Å². The molecule has 5 rings (SSSR count). The van der Waals surface area contributed by atoms with Crippen molar-refractivity contribution in [2.75, 3.05) is 33.0 Å². The zero-order valence-electron chi connectivity index (χ0n) is 71.3. The van der Waals surface area contributed by atoms with Crippen LogP contribution in [0, 0.1) is 0 Å². The first-order chi connectivity index (χ1) is 51.0. The zero-order chi connectivity index (χ0) is 78.7. The number of unbranched alkanes of at least 4 members (excludes halogenated alkanes) is 25. The van der Waals surface area contributed by atoms with Crippen molar-refractivity contribution < 1.29 is 39.0 Å². The molecule has 0 aliphatic heterocycles. The summed E-state index contributed by atoms with van der Waals surface area (Å²) in [5.74, 6) is 2.92. The summed E-state index contributed by atoms with van der Waals surface area (Å²) in [6.07, 6.45) is 38.9. The van der Waals surface area contributed by atoms with E-state index in [0.717, 1.165) is 137 Å². The number of aromatic hydroxyl groups is 1. The van der Waals surface area contributed by atoms with Gasteiger partial charge in [-0.1, -0.05) is 315 Å². The summed E-state index contributed by atoms with van der Waals surface area (Å²) < 4.78 is 34.5. The Morgan fingerprint density at radius 2 is 0.626 bits per heavy atom. The Morgan fingerprint density at radius 1 is 0.355 bits per heavy atom. The van der Waals surface area contributed by atoms with Gasteiger partial charge in [-0.3, -0.25) is 9.98 Å². The van der Waals surface area contributed by atoms with E-state index in [2.05, 4.69) is 185 Å². The molecule has 3 N–H and O–H groups in total. The van der Waals surface area contributed by atoms with Crippen LogP contribution < -0.4 is 23.7 Å². The maximum atomic E-state index is 14.8. The highest BCUT2D eigenvalue weighted by Crippen LogP contribution is 2.49. The molecule has 0 saturated carbocycles. The van der Waals surface area contributed by atoms with Crippen molar-refractivity contribution in [2.24, 2.45) is 9.98 Å². The van der Waals surface area contributed by atoms with Crippen LogP contribution in [-0.2, 0) is 39.3 Å². The number of hydrogen-bond donors (Lipinski definition) is 3. The van der Waals surface area contributed by atoms with Gasteiger partial charge in [0.2, 0.25) is 0 Å². The lowest BCUT2D eigenvalue weighted by atomic mass is 9.75. The minimum absolute atomic E-state index is 0.0401. The molecule has 0 aliphatic carbocycles. The number of benzene rings is 5. The van der Waals surface area contributed by atoms with Crippen LogP contribution in [-0.4, -0.2) is 72.9 Å². The van der Waals surface area contributed by atoms with Gasteiger partial charge in [-0.05, 0) is 151 Å². The second-order valence-electron chi connectivity index (χ2n) is 35.1. The van der Waals surface area contributed by atoms with Crippen LogP contribution in [0.15, 0.2) is 102 Å². The first-order valence-corrected chi connectivity index (χ1v) is 42.7. The van der Waals surface area contributed by atoms with E-state index in [1.165, 1.54) is 83.5 Å². The molecule has 598 valence electrons. The van der Waals surface area contributed by atoms with E-state index < -0.39 is 23.3 Å². The molecular weight excluding hydrogens is 1320 g/mol. The molecule has 107 heavy (non-hydrogen) atoms. The number of hydrogen-bond acceptors (Lipinski definition) is 10. The van der Waals surface area contributed by atoms with Crippen LogP contribution in [0.3, 0.4) is 0 Å². The third-order valence-electron chi connectivity index (χ3n) is 21.7. The summed E-state index contributed by atoms with van der Waals surface area (Å²) in [5.41, 5.74) is 3.37. The molecule has 0 radical (unpaired) electrons. The van der Waals surface area contributed by atoms with Crippen molar-refractivity contribution in [1.29, 1.82) is 0 Å². The summed E-state index contributed by atoms with van der Waals surface area (Å²) in [5, 5.41) is 42.9. The Morgan fingerprint density at radius 3 is 0.907 bits per heavy atom. The molecule has 10 heteroatoms. The van der Waals surface area contributed by atoms with Gasteiger partial charge >= 0.3 is 0 Å². The maximum Gasteiger partial charge on any atom is 0.144 e. The molecule has 0 saturated heterocycles. The molecule has 10 nitrogen and oxygen atoms in total. The number of aliphatic hydroxyl groups is 2. The van der Waals surface area contributed by atoms with Gasteiger partial charge in [-0.15, -0.1) is 0 Å². The molecule has 0 amide bonds. The second kappa shape index (κ2) is 45.9. The molecule has 0 fully saturated rings.